The first-order valence-electron chi connectivity index (χ1n) is 5.10. The maximum absolute atomic E-state index is 3.57. The van der Waals surface area contributed by atoms with E-state index in [1.807, 2.05) is 0 Å². The highest BCUT2D eigenvalue weighted by molar-refractivity contribution is 4.86. The Balaban J connectivity index is 2.21. The van der Waals surface area contributed by atoms with E-state index in [0.29, 0.717) is 11.5 Å². The molecule has 2 unspecified atom stereocenters. The predicted molar refractivity (Wildman–Crippen MR) is 53.3 cm³/mol. The Bertz CT molecular complexity index is 128. The van der Waals surface area contributed by atoms with Crippen molar-refractivity contribution in [2.24, 2.45) is 5.41 Å². The van der Waals surface area contributed by atoms with E-state index in [4.69, 9.17) is 0 Å². The minimum absolute atomic E-state index is 0.503. The van der Waals surface area contributed by atoms with Crippen LogP contribution in [0.3, 0.4) is 0 Å². The summed E-state index contributed by atoms with van der Waals surface area (Å²) in [5.74, 6) is 0. The molecule has 12 heavy (non-hydrogen) atoms. The summed E-state index contributed by atoms with van der Waals surface area (Å²) in [6.07, 6.45) is 2.54. The van der Waals surface area contributed by atoms with Crippen LogP contribution in [0.15, 0.2) is 0 Å². The lowest BCUT2D eigenvalue weighted by Gasteiger charge is -2.25. The van der Waals surface area contributed by atoms with Crippen molar-refractivity contribution in [2.75, 3.05) is 19.6 Å². The minimum Gasteiger partial charge on any atom is -0.316 e. The van der Waals surface area contributed by atoms with Gasteiger partial charge in [-0.25, -0.2) is 0 Å². The van der Waals surface area contributed by atoms with Gasteiger partial charge in [-0.1, -0.05) is 13.8 Å². The number of hydrogen-bond donors (Lipinski definition) is 2. The molecular formula is C10H22N2. The van der Waals surface area contributed by atoms with Gasteiger partial charge in [-0.15, -0.1) is 0 Å². The van der Waals surface area contributed by atoms with Gasteiger partial charge in [0.05, 0.1) is 0 Å². The molecule has 2 heteroatoms. The highest BCUT2D eigenvalue weighted by Gasteiger charge is 2.28. The van der Waals surface area contributed by atoms with E-state index in [0.717, 1.165) is 6.54 Å². The van der Waals surface area contributed by atoms with Gasteiger partial charge in [0.25, 0.3) is 0 Å². The normalized spacial score (nSPS) is 32.2. The summed E-state index contributed by atoms with van der Waals surface area (Å²) in [7, 11) is 0. The Hall–Kier alpha value is -0.0800. The molecular weight excluding hydrogens is 148 g/mol. The maximum Gasteiger partial charge on any atom is 0.00363 e. The summed E-state index contributed by atoms with van der Waals surface area (Å²) in [6, 6.07) is 0.669. The molecule has 0 aromatic carbocycles. The van der Waals surface area contributed by atoms with Crippen LogP contribution in [0.25, 0.3) is 0 Å². The first-order valence-corrected chi connectivity index (χ1v) is 5.10. The smallest absolute Gasteiger partial charge is 0.00363 e. The summed E-state index contributed by atoms with van der Waals surface area (Å²) in [4.78, 5) is 0. The Morgan fingerprint density at radius 3 is 2.83 bits per heavy atom. The molecule has 0 saturated carbocycles. The van der Waals surface area contributed by atoms with Crippen molar-refractivity contribution in [2.45, 2.75) is 39.7 Å². The van der Waals surface area contributed by atoms with Crippen LogP contribution in [0.5, 0.6) is 0 Å². The van der Waals surface area contributed by atoms with Gasteiger partial charge in [0.2, 0.25) is 0 Å². The highest BCUT2D eigenvalue weighted by atomic mass is 15.0. The topological polar surface area (TPSA) is 24.1 Å². The molecule has 1 rings (SSSR count). The lowest BCUT2D eigenvalue weighted by atomic mass is 9.89. The average molecular weight is 170 g/mol. The van der Waals surface area contributed by atoms with Gasteiger partial charge in [0.15, 0.2) is 0 Å². The van der Waals surface area contributed by atoms with Crippen molar-refractivity contribution in [1.29, 1.82) is 0 Å². The molecule has 0 aromatic rings. The van der Waals surface area contributed by atoms with Crippen LogP contribution in [0.4, 0.5) is 0 Å². The van der Waals surface area contributed by atoms with E-state index in [1.165, 1.54) is 25.9 Å². The molecule has 0 radical (unpaired) electrons. The molecule has 1 saturated heterocycles. The number of rotatable bonds is 4. The molecule has 0 aromatic heterocycles. The molecule has 2 nitrogen and oxygen atoms in total. The third-order valence-corrected chi connectivity index (χ3v) is 2.95. The average Bonchev–Trinajstić information content (AvgIpc) is 2.49. The van der Waals surface area contributed by atoms with Crippen LogP contribution in [-0.2, 0) is 0 Å². The minimum atomic E-state index is 0.503. The van der Waals surface area contributed by atoms with Crippen LogP contribution in [0, 0.1) is 5.41 Å². The zero-order valence-corrected chi connectivity index (χ0v) is 8.61. The van der Waals surface area contributed by atoms with Crippen molar-refractivity contribution in [3.63, 3.8) is 0 Å². The lowest BCUT2D eigenvalue weighted by Crippen LogP contribution is -2.37. The fraction of sp³-hybridized carbons (Fsp3) is 1.00. The molecule has 2 atom stereocenters. The number of hydrogen-bond acceptors (Lipinski definition) is 2. The van der Waals surface area contributed by atoms with Gasteiger partial charge >= 0.3 is 0 Å². The summed E-state index contributed by atoms with van der Waals surface area (Å²) >= 11 is 0. The summed E-state index contributed by atoms with van der Waals surface area (Å²) < 4.78 is 0. The van der Waals surface area contributed by atoms with Gasteiger partial charge in [-0.3, -0.25) is 0 Å². The Morgan fingerprint density at radius 1 is 1.58 bits per heavy atom. The SMILES string of the molecule is CCC(C)NCC1(C)CCNC1. The molecule has 1 heterocycles. The Labute approximate surface area is 76.1 Å². The fourth-order valence-electron chi connectivity index (χ4n) is 1.58. The largest absolute Gasteiger partial charge is 0.316 e. The maximum atomic E-state index is 3.57. The van der Waals surface area contributed by atoms with Crippen molar-refractivity contribution in [3.8, 4) is 0 Å². The van der Waals surface area contributed by atoms with Crippen LogP contribution >= 0.6 is 0 Å². The first kappa shape index (κ1) is 10.0. The summed E-state index contributed by atoms with van der Waals surface area (Å²) in [5, 5.41) is 6.99. The molecule has 72 valence electrons. The fourth-order valence-corrected chi connectivity index (χ4v) is 1.58. The van der Waals surface area contributed by atoms with E-state index in [1.54, 1.807) is 0 Å². The first-order chi connectivity index (χ1) is 5.66. The zero-order valence-electron chi connectivity index (χ0n) is 8.61. The molecule has 1 aliphatic rings. The van der Waals surface area contributed by atoms with E-state index < -0.39 is 0 Å². The molecule has 2 N–H and O–H groups in total. The number of nitrogens with one attached hydrogen (secondary N) is 2. The van der Waals surface area contributed by atoms with Crippen molar-refractivity contribution < 1.29 is 0 Å². The Kier molecular flexibility index (Phi) is 3.53. The molecule has 0 bridgehead atoms. The van der Waals surface area contributed by atoms with E-state index >= 15 is 0 Å². The van der Waals surface area contributed by atoms with Crippen LogP contribution in [0.2, 0.25) is 0 Å². The van der Waals surface area contributed by atoms with Gasteiger partial charge in [-0.05, 0) is 31.7 Å². The van der Waals surface area contributed by atoms with Crippen molar-refractivity contribution in [3.05, 3.63) is 0 Å². The monoisotopic (exact) mass is 170 g/mol. The van der Waals surface area contributed by atoms with Crippen LogP contribution < -0.4 is 10.6 Å². The molecule has 0 amide bonds. The van der Waals surface area contributed by atoms with Crippen LogP contribution in [-0.4, -0.2) is 25.7 Å². The molecule has 0 aliphatic carbocycles. The van der Waals surface area contributed by atoms with E-state index in [-0.39, 0.29) is 0 Å². The highest BCUT2D eigenvalue weighted by Crippen LogP contribution is 2.23. The third kappa shape index (κ3) is 2.76. The second kappa shape index (κ2) is 4.24. The summed E-state index contributed by atoms with van der Waals surface area (Å²) in [5.41, 5.74) is 0.503. The zero-order chi connectivity index (χ0) is 9.03. The van der Waals surface area contributed by atoms with Crippen LogP contribution in [0.1, 0.15) is 33.6 Å². The summed E-state index contributed by atoms with van der Waals surface area (Å²) in [6.45, 7) is 10.4. The third-order valence-electron chi connectivity index (χ3n) is 2.95. The standard InChI is InChI=1S/C10H22N2/c1-4-9(2)12-8-10(3)5-6-11-7-10/h9,11-12H,4-8H2,1-3H3. The lowest BCUT2D eigenvalue weighted by molar-refractivity contribution is 0.320. The van der Waals surface area contributed by atoms with Gasteiger partial charge < -0.3 is 10.6 Å². The van der Waals surface area contributed by atoms with Gasteiger partial charge in [0, 0.05) is 19.1 Å². The van der Waals surface area contributed by atoms with E-state index in [2.05, 4.69) is 31.4 Å². The molecule has 1 fully saturated rings. The van der Waals surface area contributed by atoms with Crippen molar-refractivity contribution in [1.82, 2.24) is 10.6 Å². The van der Waals surface area contributed by atoms with Gasteiger partial charge in [-0.2, -0.15) is 0 Å². The van der Waals surface area contributed by atoms with E-state index in [9.17, 15) is 0 Å². The second-order valence-corrected chi connectivity index (χ2v) is 4.43. The quantitative estimate of drug-likeness (QED) is 0.666. The van der Waals surface area contributed by atoms with Crippen molar-refractivity contribution >= 4 is 0 Å². The second-order valence-electron chi connectivity index (χ2n) is 4.43. The molecule has 1 aliphatic heterocycles. The predicted octanol–water partition coefficient (Wildman–Crippen LogP) is 1.37. The van der Waals surface area contributed by atoms with Gasteiger partial charge in [0.1, 0.15) is 0 Å². The Morgan fingerprint density at radius 2 is 2.33 bits per heavy atom. The molecule has 0 spiro atoms.